The van der Waals surface area contributed by atoms with Gasteiger partial charge < -0.3 is 10.2 Å². The number of terminal acetylenes is 1. The average molecular weight is 154 g/mol. The summed E-state index contributed by atoms with van der Waals surface area (Å²) in [4.78, 5) is 20.7. The Morgan fingerprint density at radius 3 is 2.18 bits per heavy atom. The molecule has 1 aliphatic rings. The van der Waals surface area contributed by atoms with Crippen molar-refractivity contribution >= 4 is 11.9 Å². The highest BCUT2D eigenvalue weighted by molar-refractivity contribution is 5.92. The van der Waals surface area contributed by atoms with E-state index in [1.54, 1.807) is 0 Å². The molecule has 58 valence electrons. The summed E-state index contributed by atoms with van der Waals surface area (Å²) in [7, 11) is 0. The lowest BCUT2D eigenvalue weighted by atomic mass is 10.1. The Balaban J connectivity index is 2.82. The number of aliphatic carboxylic acids is 2. The lowest BCUT2D eigenvalue weighted by Gasteiger charge is -1.98. The van der Waals surface area contributed by atoms with Crippen LogP contribution in [0.15, 0.2) is 0 Å². The van der Waals surface area contributed by atoms with Gasteiger partial charge in [0.05, 0.1) is 5.92 Å². The normalized spacial score (nSPS) is 33.9. The lowest BCUT2D eigenvalue weighted by Crippen LogP contribution is -2.18. The van der Waals surface area contributed by atoms with Crippen LogP contribution in [0.4, 0.5) is 0 Å². The monoisotopic (exact) mass is 154 g/mol. The largest absolute Gasteiger partial charge is 0.481 e. The number of rotatable bonds is 2. The first kappa shape index (κ1) is 7.61. The van der Waals surface area contributed by atoms with Crippen molar-refractivity contribution in [2.45, 2.75) is 6.42 Å². The number of hydrogen-bond donors (Lipinski definition) is 2. The molecule has 0 bridgehead atoms. The highest BCUT2D eigenvalue weighted by Gasteiger charge is 2.63. The Kier molecular flexibility index (Phi) is 1.38. The van der Waals surface area contributed by atoms with Crippen molar-refractivity contribution < 1.29 is 19.8 Å². The SMILES string of the molecule is C#CC1(C(=O)O)CC1C(=O)O. The van der Waals surface area contributed by atoms with Crippen LogP contribution in [0.3, 0.4) is 0 Å². The zero-order valence-corrected chi connectivity index (χ0v) is 5.57. The molecule has 1 aliphatic carbocycles. The van der Waals surface area contributed by atoms with Crippen molar-refractivity contribution in [3.8, 4) is 12.3 Å². The van der Waals surface area contributed by atoms with E-state index >= 15 is 0 Å². The Morgan fingerprint density at radius 2 is 2.09 bits per heavy atom. The second-order valence-corrected chi connectivity index (χ2v) is 2.52. The Labute approximate surface area is 62.8 Å². The summed E-state index contributed by atoms with van der Waals surface area (Å²) < 4.78 is 0. The number of carboxylic acids is 2. The summed E-state index contributed by atoms with van der Waals surface area (Å²) >= 11 is 0. The van der Waals surface area contributed by atoms with Gasteiger partial charge in [0.2, 0.25) is 0 Å². The quantitative estimate of drug-likeness (QED) is 0.540. The summed E-state index contributed by atoms with van der Waals surface area (Å²) in [6.45, 7) is 0. The molecule has 1 fully saturated rings. The minimum absolute atomic E-state index is 0.0498. The highest BCUT2D eigenvalue weighted by Crippen LogP contribution is 2.52. The fourth-order valence-electron chi connectivity index (χ4n) is 1.02. The molecule has 0 aliphatic heterocycles. The summed E-state index contributed by atoms with van der Waals surface area (Å²) in [5.74, 6) is -1.24. The molecule has 0 heterocycles. The average Bonchev–Trinajstić information content (AvgIpc) is 2.62. The molecule has 0 amide bonds. The molecule has 0 aromatic carbocycles. The van der Waals surface area contributed by atoms with E-state index in [2.05, 4.69) is 0 Å². The Bertz CT molecular complexity index is 262. The van der Waals surface area contributed by atoms with Crippen molar-refractivity contribution in [3.63, 3.8) is 0 Å². The predicted octanol–water partition coefficient (Wildman–Crippen LogP) is -0.205. The van der Waals surface area contributed by atoms with Gasteiger partial charge in [-0.25, -0.2) is 0 Å². The van der Waals surface area contributed by atoms with Crippen molar-refractivity contribution in [2.75, 3.05) is 0 Å². The van der Waals surface area contributed by atoms with Gasteiger partial charge in [0.1, 0.15) is 5.41 Å². The van der Waals surface area contributed by atoms with Gasteiger partial charge in [-0.2, -0.15) is 0 Å². The maximum Gasteiger partial charge on any atom is 0.322 e. The van der Waals surface area contributed by atoms with Crippen LogP contribution in [0.2, 0.25) is 0 Å². The molecule has 0 spiro atoms. The summed E-state index contributed by atoms with van der Waals surface area (Å²) in [6.07, 6.45) is 4.95. The number of hydrogen-bond acceptors (Lipinski definition) is 2. The molecule has 0 saturated heterocycles. The first-order valence-corrected chi connectivity index (χ1v) is 2.98. The number of carboxylic acid groups (broad SMARTS) is 2. The van der Waals surface area contributed by atoms with E-state index in [1.165, 1.54) is 0 Å². The van der Waals surface area contributed by atoms with Gasteiger partial charge in [-0.05, 0) is 6.42 Å². The fraction of sp³-hybridized carbons (Fsp3) is 0.429. The Morgan fingerprint density at radius 1 is 1.55 bits per heavy atom. The molecular weight excluding hydrogens is 148 g/mol. The molecule has 4 heteroatoms. The molecule has 2 atom stereocenters. The van der Waals surface area contributed by atoms with Gasteiger partial charge in [0.25, 0.3) is 0 Å². The van der Waals surface area contributed by atoms with Crippen molar-refractivity contribution in [1.29, 1.82) is 0 Å². The molecule has 0 radical (unpaired) electrons. The standard InChI is InChI=1S/C7H6O4/c1-2-7(6(10)11)3-4(7)5(8)9/h1,4H,3H2,(H,8,9)(H,10,11). The summed E-state index contributed by atoms with van der Waals surface area (Å²) in [5, 5.41) is 16.9. The first-order valence-electron chi connectivity index (χ1n) is 2.98. The van der Waals surface area contributed by atoms with E-state index < -0.39 is 23.3 Å². The van der Waals surface area contributed by atoms with Crippen LogP contribution in [-0.4, -0.2) is 22.2 Å². The Hall–Kier alpha value is -1.50. The van der Waals surface area contributed by atoms with Gasteiger partial charge in [-0.1, -0.05) is 5.92 Å². The third-order valence-corrected chi connectivity index (χ3v) is 1.90. The van der Waals surface area contributed by atoms with Gasteiger partial charge in [-0.3, -0.25) is 9.59 Å². The smallest absolute Gasteiger partial charge is 0.322 e. The maximum absolute atomic E-state index is 10.4. The third-order valence-electron chi connectivity index (χ3n) is 1.90. The van der Waals surface area contributed by atoms with E-state index in [4.69, 9.17) is 16.6 Å². The van der Waals surface area contributed by atoms with E-state index in [1.807, 2.05) is 5.92 Å². The molecule has 0 aromatic heterocycles. The summed E-state index contributed by atoms with van der Waals surface area (Å²) in [5.41, 5.74) is -1.42. The van der Waals surface area contributed by atoms with Crippen LogP contribution in [0.25, 0.3) is 0 Å². The van der Waals surface area contributed by atoms with Crippen LogP contribution in [0.1, 0.15) is 6.42 Å². The minimum atomic E-state index is -1.42. The van der Waals surface area contributed by atoms with Gasteiger partial charge >= 0.3 is 11.9 Å². The minimum Gasteiger partial charge on any atom is -0.481 e. The topological polar surface area (TPSA) is 74.6 Å². The predicted molar refractivity (Wildman–Crippen MR) is 34.6 cm³/mol. The highest BCUT2D eigenvalue weighted by atomic mass is 16.4. The van der Waals surface area contributed by atoms with E-state index in [-0.39, 0.29) is 6.42 Å². The second kappa shape index (κ2) is 1.99. The zero-order valence-electron chi connectivity index (χ0n) is 5.57. The molecule has 0 aromatic rings. The van der Waals surface area contributed by atoms with Crippen LogP contribution < -0.4 is 0 Å². The molecule has 1 rings (SSSR count). The molecule has 11 heavy (non-hydrogen) atoms. The molecule has 4 nitrogen and oxygen atoms in total. The molecule has 2 N–H and O–H groups in total. The van der Waals surface area contributed by atoms with E-state index in [0.29, 0.717) is 0 Å². The fourth-order valence-corrected chi connectivity index (χ4v) is 1.02. The van der Waals surface area contributed by atoms with Crippen LogP contribution in [0.5, 0.6) is 0 Å². The van der Waals surface area contributed by atoms with Crippen molar-refractivity contribution in [1.82, 2.24) is 0 Å². The van der Waals surface area contributed by atoms with Gasteiger partial charge in [-0.15, -0.1) is 6.42 Å². The van der Waals surface area contributed by atoms with Gasteiger partial charge in [0, 0.05) is 0 Å². The second-order valence-electron chi connectivity index (χ2n) is 2.52. The van der Waals surface area contributed by atoms with E-state index in [9.17, 15) is 9.59 Å². The first-order chi connectivity index (χ1) is 5.04. The van der Waals surface area contributed by atoms with Crippen LogP contribution >= 0.6 is 0 Å². The molecule has 2 unspecified atom stereocenters. The van der Waals surface area contributed by atoms with Crippen molar-refractivity contribution in [2.24, 2.45) is 11.3 Å². The number of carbonyl (C=O) groups is 2. The third kappa shape index (κ3) is 0.855. The maximum atomic E-state index is 10.4. The zero-order chi connectivity index (χ0) is 8.65. The van der Waals surface area contributed by atoms with E-state index in [0.717, 1.165) is 0 Å². The van der Waals surface area contributed by atoms with Crippen LogP contribution in [-0.2, 0) is 9.59 Å². The van der Waals surface area contributed by atoms with Gasteiger partial charge in [0.15, 0.2) is 0 Å². The van der Waals surface area contributed by atoms with Crippen LogP contribution in [0, 0.1) is 23.7 Å². The summed E-state index contributed by atoms with van der Waals surface area (Å²) in [6, 6.07) is 0. The lowest BCUT2D eigenvalue weighted by molar-refractivity contribution is -0.146. The van der Waals surface area contributed by atoms with Crippen molar-refractivity contribution in [3.05, 3.63) is 0 Å². The molecule has 1 saturated carbocycles. The molecular formula is C7H6O4.